The van der Waals surface area contributed by atoms with Crippen LogP contribution in [0.5, 0.6) is 0 Å². The summed E-state index contributed by atoms with van der Waals surface area (Å²) in [4.78, 5) is 49.3. The Labute approximate surface area is 188 Å². The summed E-state index contributed by atoms with van der Waals surface area (Å²) in [6.45, 7) is 7.31. The molecule has 0 bridgehead atoms. The van der Waals surface area contributed by atoms with Crippen LogP contribution in [-0.2, 0) is 20.8 Å². The molecule has 0 spiro atoms. The largest absolute Gasteiger partial charge is 0.343 e. The zero-order valence-corrected chi connectivity index (χ0v) is 19.0. The van der Waals surface area contributed by atoms with Crippen LogP contribution in [0, 0.1) is 12.8 Å². The van der Waals surface area contributed by atoms with E-state index in [1.807, 2.05) is 26.8 Å². The van der Waals surface area contributed by atoms with E-state index in [2.05, 4.69) is 25.9 Å². The summed E-state index contributed by atoms with van der Waals surface area (Å²) in [6, 6.07) is 3.39. The van der Waals surface area contributed by atoms with Crippen molar-refractivity contribution in [2.24, 2.45) is 5.92 Å². The van der Waals surface area contributed by atoms with E-state index in [0.29, 0.717) is 17.9 Å². The van der Waals surface area contributed by atoms with Crippen LogP contribution in [0.15, 0.2) is 36.8 Å². The molecule has 32 heavy (non-hydrogen) atoms. The van der Waals surface area contributed by atoms with Crippen molar-refractivity contribution in [3.05, 3.63) is 47.9 Å². The van der Waals surface area contributed by atoms with Crippen molar-refractivity contribution in [2.45, 2.75) is 52.2 Å². The van der Waals surface area contributed by atoms with E-state index in [1.165, 1.54) is 4.90 Å². The zero-order valence-electron chi connectivity index (χ0n) is 19.0. The van der Waals surface area contributed by atoms with Gasteiger partial charge < -0.3 is 16.0 Å². The van der Waals surface area contributed by atoms with Crippen LogP contribution in [0.2, 0.25) is 0 Å². The van der Waals surface area contributed by atoms with Crippen LogP contribution in [0.25, 0.3) is 0 Å². The minimum absolute atomic E-state index is 0.187. The molecule has 3 N–H and O–H groups in total. The molecule has 0 aromatic carbocycles. The summed E-state index contributed by atoms with van der Waals surface area (Å²) in [5.74, 6) is -0.719. The van der Waals surface area contributed by atoms with Gasteiger partial charge >= 0.3 is 0 Å². The van der Waals surface area contributed by atoms with Gasteiger partial charge in [0.15, 0.2) is 0 Å². The second kappa shape index (κ2) is 9.86. The molecule has 9 heteroatoms. The van der Waals surface area contributed by atoms with Crippen LogP contribution >= 0.6 is 0 Å². The zero-order chi connectivity index (χ0) is 23.4. The van der Waals surface area contributed by atoms with E-state index in [9.17, 15) is 14.4 Å². The van der Waals surface area contributed by atoms with Gasteiger partial charge in [-0.2, -0.15) is 0 Å². The summed E-state index contributed by atoms with van der Waals surface area (Å²) < 4.78 is 0. The number of anilines is 2. The molecule has 0 saturated heterocycles. The molecule has 1 aliphatic rings. The molecule has 3 heterocycles. The van der Waals surface area contributed by atoms with Crippen molar-refractivity contribution < 1.29 is 14.4 Å². The second-order valence-corrected chi connectivity index (χ2v) is 8.33. The van der Waals surface area contributed by atoms with Gasteiger partial charge in [-0.15, -0.1) is 0 Å². The normalized spacial score (nSPS) is 16.9. The van der Waals surface area contributed by atoms with Crippen molar-refractivity contribution in [3.8, 4) is 0 Å². The first-order valence-corrected chi connectivity index (χ1v) is 10.7. The Bertz CT molecular complexity index is 1010. The molecule has 2 aromatic heterocycles. The van der Waals surface area contributed by atoms with E-state index < -0.39 is 18.1 Å². The smallest absolute Gasteiger partial charge is 0.251 e. The van der Waals surface area contributed by atoms with Crippen molar-refractivity contribution in [1.29, 1.82) is 0 Å². The van der Waals surface area contributed by atoms with E-state index in [1.54, 1.807) is 44.7 Å². The second-order valence-electron chi connectivity index (χ2n) is 8.33. The number of hydrogen-bond donors (Lipinski definition) is 3. The molecule has 2 aromatic rings. The molecule has 0 fully saturated rings. The molecule has 2 unspecified atom stereocenters. The quantitative estimate of drug-likeness (QED) is 0.602. The van der Waals surface area contributed by atoms with Crippen LogP contribution in [0.1, 0.15) is 31.9 Å². The number of nitrogens with one attached hydrogen (secondary N) is 3. The average molecular weight is 439 g/mol. The van der Waals surface area contributed by atoms with Crippen molar-refractivity contribution in [1.82, 2.24) is 20.6 Å². The van der Waals surface area contributed by atoms with Crippen molar-refractivity contribution in [3.63, 3.8) is 0 Å². The van der Waals surface area contributed by atoms with Crippen LogP contribution in [0.3, 0.4) is 0 Å². The Balaban J connectivity index is 1.91. The lowest BCUT2D eigenvalue weighted by Crippen LogP contribution is -2.57. The number of carbonyl (C=O) groups is 3. The molecular formula is C23H30N6O3. The van der Waals surface area contributed by atoms with Crippen LogP contribution in [-0.4, -0.2) is 52.9 Å². The molecule has 3 rings (SSSR count). The van der Waals surface area contributed by atoms with Gasteiger partial charge in [-0.25, -0.2) is 4.98 Å². The fourth-order valence-electron chi connectivity index (χ4n) is 3.61. The molecule has 170 valence electrons. The highest BCUT2D eigenvalue weighted by molar-refractivity contribution is 6.09. The number of pyridine rings is 2. The van der Waals surface area contributed by atoms with Crippen LogP contribution < -0.4 is 20.9 Å². The fourth-order valence-corrected chi connectivity index (χ4v) is 3.61. The van der Waals surface area contributed by atoms with Gasteiger partial charge in [0.2, 0.25) is 11.8 Å². The third-order valence-electron chi connectivity index (χ3n) is 5.71. The Hall–Kier alpha value is -3.33. The number of aromatic nitrogens is 2. The molecule has 9 nitrogen and oxygen atoms in total. The molecule has 0 aliphatic carbocycles. The predicted molar refractivity (Wildman–Crippen MR) is 122 cm³/mol. The summed E-state index contributed by atoms with van der Waals surface area (Å²) in [5.41, 5.74) is 2.26. The lowest BCUT2D eigenvalue weighted by molar-refractivity contribution is -0.130. The maximum atomic E-state index is 13.7. The number of carbonyl (C=O) groups excluding carboxylic acids is 3. The number of hydrogen-bond acceptors (Lipinski definition) is 6. The molecule has 0 radical (unpaired) electrons. The first kappa shape index (κ1) is 23.3. The molecule has 3 atom stereocenters. The van der Waals surface area contributed by atoms with E-state index in [-0.39, 0.29) is 23.6 Å². The summed E-state index contributed by atoms with van der Waals surface area (Å²) in [6.07, 6.45) is 5.16. The summed E-state index contributed by atoms with van der Waals surface area (Å²) in [5, 5.41) is 8.59. The lowest BCUT2D eigenvalue weighted by atomic mass is 10.0. The van der Waals surface area contributed by atoms with Gasteiger partial charge in [-0.05, 0) is 50.1 Å². The first-order valence-electron chi connectivity index (χ1n) is 10.7. The minimum atomic E-state index is -0.804. The predicted octanol–water partition coefficient (Wildman–Crippen LogP) is 1.43. The number of nitrogens with zero attached hydrogens (tertiary/aromatic N) is 3. The van der Waals surface area contributed by atoms with Gasteiger partial charge in [0.25, 0.3) is 5.91 Å². The summed E-state index contributed by atoms with van der Waals surface area (Å²) >= 11 is 0. The highest BCUT2D eigenvalue weighted by Gasteiger charge is 2.43. The monoisotopic (exact) mass is 438 g/mol. The first-order chi connectivity index (χ1) is 15.2. The number of aryl methyl sites for hydroxylation is 1. The maximum Gasteiger partial charge on any atom is 0.251 e. The maximum absolute atomic E-state index is 13.7. The Morgan fingerprint density at radius 2 is 1.91 bits per heavy atom. The molecular weight excluding hydrogens is 408 g/mol. The lowest BCUT2D eigenvalue weighted by Gasteiger charge is -2.31. The number of rotatable bonds is 7. The average Bonchev–Trinajstić information content (AvgIpc) is 3.17. The molecule has 1 aliphatic heterocycles. The van der Waals surface area contributed by atoms with E-state index in [4.69, 9.17) is 0 Å². The third-order valence-corrected chi connectivity index (χ3v) is 5.71. The van der Waals surface area contributed by atoms with Gasteiger partial charge in [-0.3, -0.25) is 24.3 Å². The van der Waals surface area contributed by atoms with Gasteiger partial charge in [0.1, 0.15) is 17.9 Å². The minimum Gasteiger partial charge on any atom is -0.343 e. The standard InChI is InChI=1S/C23H30N6O3/c1-13(2)19(28-21(30)15(4)24-5)23(32)29-18(11-16-7-6-9-26-20(16)29)22(31)27-17-12-25-10-8-14(17)3/h6-10,12-13,15,18-19,24H,11H2,1-5H3,(H,27,31)(H,28,30)/t15-,18?,19?/m0/s1. The van der Waals surface area contributed by atoms with E-state index in [0.717, 1.165) is 11.1 Å². The molecule has 0 saturated carbocycles. The Kier molecular flexibility index (Phi) is 7.19. The highest BCUT2D eigenvalue weighted by atomic mass is 16.2. The molecule has 3 amide bonds. The SMILES string of the molecule is CN[C@@H](C)C(=O)NC(C(=O)N1c2ncccc2CC1C(=O)Nc1cnccc1C)C(C)C. The van der Waals surface area contributed by atoms with Crippen molar-refractivity contribution >= 4 is 29.2 Å². The number of amides is 3. The summed E-state index contributed by atoms with van der Waals surface area (Å²) in [7, 11) is 1.68. The highest BCUT2D eigenvalue weighted by Crippen LogP contribution is 2.32. The van der Waals surface area contributed by atoms with Crippen LogP contribution in [0.4, 0.5) is 11.5 Å². The van der Waals surface area contributed by atoms with Gasteiger partial charge in [0, 0.05) is 18.8 Å². The topological polar surface area (TPSA) is 116 Å². The number of likely N-dealkylation sites (N-methyl/N-ethyl adjacent to an activating group) is 1. The third kappa shape index (κ3) is 4.77. The van der Waals surface area contributed by atoms with Crippen molar-refractivity contribution in [2.75, 3.05) is 17.3 Å². The van der Waals surface area contributed by atoms with E-state index >= 15 is 0 Å². The van der Waals surface area contributed by atoms with Gasteiger partial charge in [-0.1, -0.05) is 19.9 Å². The fraction of sp³-hybridized carbons (Fsp3) is 0.435. The van der Waals surface area contributed by atoms with Gasteiger partial charge in [0.05, 0.1) is 17.9 Å². The Morgan fingerprint density at radius 3 is 2.56 bits per heavy atom. The Morgan fingerprint density at radius 1 is 1.16 bits per heavy atom. The number of fused-ring (bicyclic) bond motifs is 1.